The molecule has 4 aromatic carbocycles. The van der Waals surface area contributed by atoms with Crippen molar-refractivity contribution in [2.75, 3.05) is 16.8 Å². The van der Waals surface area contributed by atoms with Crippen molar-refractivity contribution in [1.82, 2.24) is 4.98 Å². The first kappa shape index (κ1) is 29.7. The number of benzene rings is 4. The molecule has 7 atom stereocenters. The number of nitrogens with zero attached hydrogens (tertiary/aromatic N) is 1. The Labute approximate surface area is 288 Å². The summed E-state index contributed by atoms with van der Waals surface area (Å²) in [7, 11) is 0. The first-order chi connectivity index (χ1) is 23.4. The minimum atomic E-state index is -0.431. The fraction of sp³-hybridized carbons (Fsp3) is 0.243. The molecule has 3 amide bonds. The number of hydrogen-bond acceptors (Lipinski definition) is 7. The van der Waals surface area contributed by atoms with E-state index < -0.39 is 11.8 Å². The fourth-order valence-corrected chi connectivity index (χ4v) is 11.8. The molecule has 11 heteroatoms. The predicted molar refractivity (Wildman–Crippen MR) is 187 cm³/mol. The van der Waals surface area contributed by atoms with Crippen LogP contribution in [-0.4, -0.2) is 34.6 Å². The van der Waals surface area contributed by atoms with Crippen molar-refractivity contribution in [3.8, 4) is 5.75 Å². The molecule has 2 saturated carbocycles. The van der Waals surface area contributed by atoms with E-state index in [-0.39, 0.29) is 58.1 Å². The highest BCUT2D eigenvalue weighted by Gasteiger charge is 2.69. The summed E-state index contributed by atoms with van der Waals surface area (Å²) < 4.78 is 6.25. The number of hydrogen-bond donors (Lipinski definition) is 2. The Morgan fingerprint density at radius 1 is 0.917 bits per heavy atom. The van der Waals surface area contributed by atoms with Gasteiger partial charge in [0.25, 0.3) is 5.91 Å². The van der Waals surface area contributed by atoms with Crippen LogP contribution in [0, 0.1) is 29.6 Å². The van der Waals surface area contributed by atoms with Gasteiger partial charge in [-0.1, -0.05) is 77.5 Å². The van der Waals surface area contributed by atoms with E-state index in [1.807, 2.05) is 66.7 Å². The van der Waals surface area contributed by atoms with Crippen molar-refractivity contribution in [3.05, 3.63) is 116 Å². The molecule has 4 aliphatic rings. The number of imide groups is 1. The lowest BCUT2D eigenvalue weighted by atomic mass is 9.68. The van der Waals surface area contributed by atoms with Gasteiger partial charge in [-0.3, -0.25) is 24.1 Å². The summed E-state index contributed by atoms with van der Waals surface area (Å²) in [6.07, 6.45) is 0.762. The number of amides is 3. The maximum atomic E-state index is 14.0. The van der Waals surface area contributed by atoms with Crippen molar-refractivity contribution in [2.45, 2.75) is 22.6 Å². The van der Waals surface area contributed by atoms with Gasteiger partial charge in [0.1, 0.15) is 5.75 Å². The lowest BCUT2D eigenvalue weighted by molar-refractivity contribution is -0.123. The van der Waals surface area contributed by atoms with E-state index in [2.05, 4.69) is 10.3 Å². The van der Waals surface area contributed by atoms with Gasteiger partial charge in [-0.05, 0) is 66.0 Å². The number of halogens is 1. The van der Waals surface area contributed by atoms with E-state index in [0.717, 1.165) is 44.0 Å². The second kappa shape index (κ2) is 11.4. The topological polar surface area (TPSA) is 109 Å². The van der Waals surface area contributed by atoms with Gasteiger partial charge in [0.2, 0.25) is 11.8 Å². The number of carbonyl (C=O) groups excluding carboxylic acids is 3. The van der Waals surface area contributed by atoms with E-state index in [9.17, 15) is 19.2 Å². The summed E-state index contributed by atoms with van der Waals surface area (Å²) in [5, 5.41) is 6.23. The van der Waals surface area contributed by atoms with Crippen molar-refractivity contribution in [2.24, 2.45) is 29.6 Å². The Morgan fingerprint density at radius 3 is 2.50 bits per heavy atom. The van der Waals surface area contributed by atoms with Gasteiger partial charge in [-0.15, -0.1) is 11.8 Å². The fourth-order valence-electron chi connectivity index (χ4n) is 8.75. The molecule has 2 aliphatic carbocycles. The zero-order chi connectivity index (χ0) is 32.7. The predicted octanol–water partition coefficient (Wildman–Crippen LogP) is 6.94. The van der Waals surface area contributed by atoms with Gasteiger partial charge in [0.05, 0.1) is 22.5 Å². The van der Waals surface area contributed by atoms with E-state index in [1.165, 1.54) is 4.90 Å². The lowest BCUT2D eigenvalue weighted by Crippen LogP contribution is -2.42. The lowest BCUT2D eigenvalue weighted by Gasteiger charge is -2.43. The third-order valence-corrected chi connectivity index (χ3v) is 13.3. The summed E-state index contributed by atoms with van der Waals surface area (Å²) in [5.74, 6) is -1.36. The molecule has 0 radical (unpaired) electrons. The largest absolute Gasteiger partial charge is 0.483 e. The van der Waals surface area contributed by atoms with E-state index >= 15 is 0 Å². The molecule has 1 aromatic heterocycles. The number of para-hydroxylation sites is 1. The smallest absolute Gasteiger partial charge is 0.305 e. The molecule has 48 heavy (non-hydrogen) atoms. The third kappa shape index (κ3) is 4.57. The number of carbonyl (C=O) groups is 3. The Balaban J connectivity index is 1.05. The van der Waals surface area contributed by atoms with E-state index in [0.29, 0.717) is 22.1 Å². The molecular weight excluding hydrogens is 666 g/mol. The van der Waals surface area contributed by atoms with E-state index in [4.69, 9.17) is 16.3 Å². The number of fused-ring (bicyclic) bond motifs is 10. The SMILES string of the molecule is O=C(COc1ccc(Cl)cc1[C@@H]1c2sc(=O)[nH]c2S[C@@H]2[C@@H]3C[C@@H]([C@@H]4C(=O)N(c5ccccc5)C(=O)[C@@H]34)[C@H]12)Nc1cccc2ccccc12. The highest BCUT2D eigenvalue weighted by Crippen LogP contribution is 2.69. The monoisotopic (exact) mass is 693 g/mol. The van der Waals surface area contributed by atoms with Gasteiger partial charge in [0, 0.05) is 37.7 Å². The summed E-state index contributed by atoms with van der Waals surface area (Å²) >= 11 is 9.41. The Kier molecular flexibility index (Phi) is 7.04. The van der Waals surface area contributed by atoms with Gasteiger partial charge < -0.3 is 15.0 Å². The van der Waals surface area contributed by atoms with Crippen LogP contribution in [0.3, 0.4) is 0 Å². The van der Waals surface area contributed by atoms with Gasteiger partial charge in [-0.2, -0.15) is 0 Å². The molecule has 1 saturated heterocycles. The average molecular weight is 694 g/mol. The highest BCUT2D eigenvalue weighted by molar-refractivity contribution is 8.00. The molecule has 2 aliphatic heterocycles. The van der Waals surface area contributed by atoms with Crippen LogP contribution in [0.2, 0.25) is 5.02 Å². The Bertz CT molecular complexity index is 2200. The van der Waals surface area contributed by atoms with Gasteiger partial charge in [0.15, 0.2) is 6.61 Å². The molecule has 9 rings (SSSR count). The maximum absolute atomic E-state index is 14.0. The van der Waals surface area contributed by atoms with Crippen LogP contribution in [0.25, 0.3) is 10.8 Å². The van der Waals surface area contributed by atoms with Crippen molar-refractivity contribution in [1.29, 1.82) is 0 Å². The summed E-state index contributed by atoms with van der Waals surface area (Å²) in [6, 6.07) is 28.1. The van der Waals surface area contributed by atoms with Crippen LogP contribution in [0.5, 0.6) is 5.75 Å². The second-order valence-electron chi connectivity index (χ2n) is 12.9. The molecule has 5 aromatic rings. The van der Waals surface area contributed by atoms with Crippen molar-refractivity contribution < 1.29 is 19.1 Å². The summed E-state index contributed by atoms with van der Waals surface area (Å²) in [6.45, 7) is -0.237. The molecule has 0 spiro atoms. The number of nitrogens with one attached hydrogen (secondary N) is 2. The van der Waals surface area contributed by atoms with Crippen LogP contribution < -0.4 is 19.8 Å². The number of thiazole rings is 1. The Hall–Kier alpha value is -4.38. The number of aromatic nitrogens is 1. The normalized spacial score (nSPS) is 26.8. The number of aromatic amines is 1. The second-order valence-corrected chi connectivity index (χ2v) is 15.5. The zero-order valence-electron chi connectivity index (χ0n) is 25.3. The van der Waals surface area contributed by atoms with Crippen molar-refractivity contribution >= 4 is 74.6 Å². The molecule has 0 unspecified atom stereocenters. The molecular formula is C37H28ClN3O5S2. The zero-order valence-corrected chi connectivity index (χ0v) is 27.7. The third-order valence-electron chi connectivity index (χ3n) is 10.5. The first-order valence-corrected chi connectivity index (χ1v) is 18.0. The standard InChI is InChI=1S/C37H28ClN3O5S2/c38-19-13-14-26(46-17-27(42)39-25-12-6-8-18-7-4-5-11-21(18)25)22(15-19)28-29-23-16-24(32(29)47-34-33(28)48-37(45)40-34)31-30(23)35(43)41(36(31)44)20-9-2-1-3-10-20/h1-15,23-24,28-32H,16-17H2,(H,39,42)(H,40,45)/t23-,24-,28+,29-,30+,31+,32-/m1/s1. The van der Waals surface area contributed by atoms with Crippen LogP contribution in [-0.2, 0) is 14.4 Å². The number of rotatable bonds is 6. The minimum Gasteiger partial charge on any atom is -0.483 e. The summed E-state index contributed by atoms with van der Waals surface area (Å²) in [4.78, 5) is 59.1. The number of H-pyrrole nitrogens is 1. The number of ether oxygens (including phenoxy) is 1. The maximum Gasteiger partial charge on any atom is 0.305 e. The Morgan fingerprint density at radius 2 is 1.67 bits per heavy atom. The van der Waals surface area contributed by atoms with Crippen LogP contribution in [0.1, 0.15) is 22.8 Å². The van der Waals surface area contributed by atoms with Crippen LogP contribution >= 0.6 is 34.7 Å². The molecule has 2 bridgehead atoms. The molecule has 8 nitrogen and oxygen atoms in total. The highest BCUT2D eigenvalue weighted by atomic mass is 35.5. The molecule has 240 valence electrons. The van der Waals surface area contributed by atoms with Crippen molar-refractivity contribution in [3.63, 3.8) is 0 Å². The quantitative estimate of drug-likeness (QED) is 0.187. The number of thioether (sulfide) groups is 1. The van der Waals surface area contributed by atoms with E-state index in [1.54, 1.807) is 36.0 Å². The minimum absolute atomic E-state index is 0.00738. The molecule has 2 N–H and O–H groups in total. The van der Waals surface area contributed by atoms with Crippen LogP contribution in [0.4, 0.5) is 11.4 Å². The molecule has 3 heterocycles. The van der Waals surface area contributed by atoms with Gasteiger partial charge >= 0.3 is 4.87 Å². The molecule has 3 fully saturated rings. The summed E-state index contributed by atoms with van der Waals surface area (Å²) in [5.41, 5.74) is 2.07. The average Bonchev–Trinajstić information content (AvgIpc) is 3.83. The first-order valence-electron chi connectivity index (χ1n) is 15.9. The van der Waals surface area contributed by atoms with Gasteiger partial charge in [-0.25, -0.2) is 0 Å². The van der Waals surface area contributed by atoms with Crippen LogP contribution in [0.15, 0.2) is 101 Å². The number of anilines is 2.